The predicted octanol–water partition coefficient (Wildman–Crippen LogP) is 4.28. The Labute approximate surface area is 141 Å². The summed E-state index contributed by atoms with van der Waals surface area (Å²) in [5, 5.41) is 4.02. The van der Waals surface area contributed by atoms with Crippen LogP contribution in [0.4, 0.5) is 0 Å². The number of likely N-dealkylation sites (tertiary alicyclic amines) is 1. The first kappa shape index (κ1) is 15.1. The summed E-state index contributed by atoms with van der Waals surface area (Å²) in [5.41, 5.74) is 4.01. The summed E-state index contributed by atoms with van der Waals surface area (Å²) < 4.78 is 10.7. The van der Waals surface area contributed by atoms with E-state index in [0.717, 1.165) is 6.54 Å². The van der Waals surface area contributed by atoms with E-state index in [1.165, 1.54) is 29.5 Å². The second-order valence-electron chi connectivity index (χ2n) is 6.54. The highest BCUT2D eigenvalue weighted by Gasteiger charge is 2.28. The van der Waals surface area contributed by atoms with Crippen LogP contribution in [0.25, 0.3) is 11.6 Å². The lowest BCUT2D eigenvalue weighted by molar-refractivity contribution is 0.212. The minimum Gasteiger partial charge on any atom is -0.461 e. The van der Waals surface area contributed by atoms with Crippen LogP contribution in [0.3, 0.4) is 0 Å². The van der Waals surface area contributed by atoms with Gasteiger partial charge >= 0.3 is 0 Å². The zero-order valence-electron chi connectivity index (χ0n) is 14.0. The van der Waals surface area contributed by atoms with E-state index >= 15 is 0 Å². The highest BCUT2D eigenvalue weighted by Crippen LogP contribution is 2.34. The van der Waals surface area contributed by atoms with Crippen LogP contribution in [0, 0.1) is 13.8 Å². The molecule has 3 aromatic rings. The summed E-state index contributed by atoms with van der Waals surface area (Å²) in [7, 11) is 0. The molecule has 0 aliphatic carbocycles. The number of hydrogen-bond donors (Lipinski definition) is 0. The lowest BCUT2D eigenvalue weighted by atomic mass is 9.99. The smallest absolute Gasteiger partial charge is 0.241 e. The Kier molecular flexibility index (Phi) is 3.94. The molecule has 0 amide bonds. The Morgan fingerprint density at radius 1 is 1.21 bits per heavy atom. The van der Waals surface area contributed by atoms with Gasteiger partial charge in [-0.05, 0) is 50.9 Å². The molecule has 1 atom stereocenters. The molecule has 0 radical (unpaired) electrons. The van der Waals surface area contributed by atoms with Gasteiger partial charge in [-0.15, -0.1) is 0 Å². The van der Waals surface area contributed by atoms with Crippen molar-refractivity contribution in [1.82, 2.24) is 15.0 Å². The molecule has 4 rings (SSSR count). The maximum absolute atomic E-state index is 5.42. The molecule has 5 heteroatoms. The average molecular weight is 323 g/mol. The summed E-state index contributed by atoms with van der Waals surface area (Å²) >= 11 is 0. The van der Waals surface area contributed by atoms with Crippen molar-refractivity contribution in [2.75, 3.05) is 6.54 Å². The fourth-order valence-corrected chi connectivity index (χ4v) is 3.59. The lowest BCUT2D eigenvalue weighted by Gasteiger charge is -2.23. The molecule has 5 nitrogen and oxygen atoms in total. The number of benzene rings is 1. The highest BCUT2D eigenvalue weighted by molar-refractivity contribution is 5.44. The molecule has 124 valence electrons. The standard InChI is InChI=1S/C19H21N3O2/c1-13-9-14(2)11-15(10-13)16-5-3-7-22(16)12-18-20-19(21-24-18)17-6-4-8-23-17/h4,6,8-11,16H,3,5,7,12H2,1-2H3. The second-order valence-corrected chi connectivity index (χ2v) is 6.54. The second kappa shape index (κ2) is 6.24. The molecule has 0 saturated carbocycles. The quantitative estimate of drug-likeness (QED) is 0.717. The molecule has 1 aromatic carbocycles. The van der Waals surface area contributed by atoms with E-state index in [1.54, 1.807) is 6.26 Å². The largest absolute Gasteiger partial charge is 0.461 e. The van der Waals surface area contributed by atoms with Crippen molar-refractivity contribution < 1.29 is 8.94 Å². The number of hydrogen-bond acceptors (Lipinski definition) is 5. The predicted molar refractivity (Wildman–Crippen MR) is 90.3 cm³/mol. The van der Waals surface area contributed by atoms with Gasteiger partial charge in [-0.25, -0.2) is 0 Å². The average Bonchev–Trinajstić information content (AvgIpc) is 3.28. The van der Waals surface area contributed by atoms with E-state index in [9.17, 15) is 0 Å². The molecule has 2 aromatic heterocycles. The van der Waals surface area contributed by atoms with Crippen molar-refractivity contribution in [3.63, 3.8) is 0 Å². The maximum Gasteiger partial charge on any atom is 0.241 e. The van der Waals surface area contributed by atoms with Crippen LogP contribution in [0.15, 0.2) is 45.5 Å². The van der Waals surface area contributed by atoms with Gasteiger partial charge in [-0.3, -0.25) is 4.90 Å². The van der Waals surface area contributed by atoms with E-state index in [-0.39, 0.29) is 0 Å². The highest BCUT2D eigenvalue weighted by atomic mass is 16.5. The van der Waals surface area contributed by atoms with Crippen molar-refractivity contribution >= 4 is 0 Å². The first-order valence-corrected chi connectivity index (χ1v) is 8.38. The Balaban J connectivity index is 1.53. The van der Waals surface area contributed by atoms with Crippen molar-refractivity contribution in [1.29, 1.82) is 0 Å². The molecule has 3 heterocycles. The van der Waals surface area contributed by atoms with Crippen molar-refractivity contribution in [2.45, 2.75) is 39.3 Å². The molecule has 0 N–H and O–H groups in total. The molecule has 0 bridgehead atoms. The fraction of sp³-hybridized carbons (Fsp3) is 0.368. The summed E-state index contributed by atoms with van der Waals surface area (Å²) in [6.07, 6.45) is 3.97. The van der Waals surface area contributed by atoms with Gasteiger partial charge in [0.1, 0.15) is 0 Å². The molecule has 1 unspecified atom stereocenters. The molecular formula is C19H21N3O2. The number of furan rings is 1. The van der Waals surface area contributed by atoms with Gasteiger partial charge < -0.3 is 8.94 Å². The van der Waals surface area contributed by atoms with E-state index in [4.69, 9.17) is 8.94 Å². The van der Waals surface area contributed by atoms with Gasteiger partial charge in [0.25, 0.3) is 0 Å². The molecule has 1 aliphatic heterocycles. The third kappa shape index (κ3) is 2.99. The molecule has 24 heavy (non-hydrogen) atoms. The van der Waals surface area contributed by atoms with E-state index < -0.39 is 0 Å². The van der Waals surface area contributed by atoms with Crippen LogP contribution in [-0.4, -0.2) is 21.6 Å². The summed E-state index contributed by atoms with van der Waals surface area (Å²) in [5.74, 6) is 1.78. The van der Waals surface area contributed by atoms with Crippen LogP contribution < -0.4 is 0 Å². The SMILES string of the molecule is Cc1cc(C)cc(C2CCCN2Cc2nc(-c3ccco3)no2)c1. The van der Waals surface area contributed by atoms with Crippen LogP contribution >= 0.6 is 0 Å². The van der Waals surface area contributed by atoms with E-state index in [2.05, 4.69) is 47.1 Å². The Bertz CT molecular complexity index is 803. The molecule has 0 spiro atoms. The Hall–Kier alpha value is -2.40. The Morgan fingerprint density at radius 2 is 2.04 bits per heavy atom. The third-order valence-electron chi connectivity index (χ3n) is 4.54. The number of rotatable bonds is 4. The third-order valence-corrected chi connectivity index (χ3v) is 4.54. The number of aromatic nitrogens is 2. The zero-order chi connectivity index (χ0) is 16.5. The van der Waals surface area contributed by atoms with Gasteiger partial charge in [0.15, 0.2) is 5.76 Å². The molecule has 1 aliphatic rings. The summed E-state index contributed by atoms with van der Waals surface area (Å²) in [6.45, 7) is 6.04. The van der Waals surface area contributed by atoms with Crippen molar-refractivity contribution in [3.05, 3.63) is 59.2 Å². The fourth-order valence-electron chi connectivity index (χ4n) is 3.59. The normalized spacial score (nSPS) is 18.3. The lowest BCUT2D eigenvalue weighted by Crippen LogP contribution is -2.23. The minimum absolute atomic E-state index is 0.419. The van der Waals surface area contributed by atoms with Crippen LogP contribution in [0.2, 0.25) is 0 Å². The summed E-state index contributed by atoms with van der Waals surface area (Å²) in [6, 6.07) is 10.9. The van der Waals surface area contributed by atoms with Gasteiger partial charge in [0.05, 0.1) is 12.8 Å². The van der Waals surface area contributed by atoms with Crippen molar-refractivity contribution in [2.24, 2.45) is 0 Å². The molecule has 1 saturated heterocycles. The number of nitrogens with zero attached hydrogens (tertiary/aromatic N) is 3. The van der Waals surface area contributed by atoms with E-state index in [1.807, 2.05) is 12.1 Å². The van der Waals surface area contributed by atoms with Crippen molar-refractivity contribution in [3.8, 4) is 11.6 Å². The van der Waals surface area contributed by atoms with Crippen LogP contribution in [0.5, 0.6) is 0 Å². The van der Waals surface area contributed by atoms with Crippen LogP contribution in [-0.2, 0) is 6.54 Å². The topological polar surface area (TPSA) is 55.3 Å². The maximum atomic E-state index is 5.42. The van der Waals surface area contributed by atoms with Gasteiger partial charge in [0, 0.05) is 6.04 Å². The van der Waals surface area contributed by atoms with Gasteiger partial charge in [0.2, 0.25) is 11.7 Å². The number of aryl methyl sites for hydroxylation is 2. The first-order chi connectivity index (χ1) is 11.7. The zero-order valence-corrected chi connectivity index (χ0v) is 14.0. The summed E-state index contributed by atoms with van der Waals surface area (Å²) in [4.78, 5) is 6.89. The van der Waals surface area contributed by atoms with Gasteiger partial charge in [-0.1, -0.05) is 34.5 Å². The molecular weight excluding hydrogens is 302 g/mol. The van der Waals surface area contributed by atoms with E-state index in [0.29, 0.717) is 30.1 Å². The first-order valence-electron chi connectivity index (χ1n) is 8.38. The minimum atomic E-state index is 0.419. The molecule has 1 fully saturated rings. The Morgan fingerprint density at radius 3 is 2.79 bits per heavy atom. The van der Waals surface area contributed by atoms with Crippen LogP contribution in [0.1, 0.15) is 41.5 Å². The monoisotopic (exact) mass is 323 g/mol. The van der Waals surface area contributed by atoms with Gasteiger partial charge in [-0.2, -0.15) is 4.98 Å².